The largest absolute Gasteiger partial charge is 0.313 e. The number of rotatable bonds is 7. The van der Waals surface area contributed by atoms with Crippen LogP contribution in [0.5, 0.6) is 0 Å². The van der Waals surface area contributed by atoms with Crippen molar-refractivity contribution in [1.82, 2.24) is 10.3 Å². The molecule has 1 aromatic heterocycles. The van der Waals surface area contributed by atoms with Crippen molar-refractivity contribution in [1.29, 1.82) is 0 Å². The van der Waals surface area contributed by atoms with Crippen LogP contribution in [-0.2, 0) is 12.8 Å². The topological polar surface area (TPSA) is 24.9 Å². The number of thiazole rings is 1. The SMILES string of the molecule is CCCNC(Cc1cccc(Cl)c1)Cc1nc(C)c(C)s1. The van der Waals surface area contributed by atoms with Crippen LogP contribution in [0.1, 0.15) is 34.5 Å². The van der Waals surface area contributed by atoms with Crippen LogP contribution in [0.2, 0.25) is 5.02 Å². The number of aryl methyl sites for hydroxylation is 2. The Kier molecular flexibility index (Phi) is 6.22. The number of halogens is 1. The number of hydrogen-bond donors (Lipinski definition) is 1. The summed E-state index contributed by atoms with van der Waals surface area (Å²) in [5.41, 5.74) is 2.44. The van der Waals surface area contributed by atoms with E-state index in [0.29, 0.717) is 6.04 Å². The Morgan fingerprint density at radius 1 is 1.29 bits per heavy atom. The van der Waals surface area contributed by atoms with E-state index in [1.165, 1.54) is 15.4 Å². The molecule has 2 aromatic rings. The minimum absolute atomic E-state index is 0.411. The summed E-state index contributed by atoms with van der Waals surface area (Å²) in [6.07, 6.45) is 3.10. The number of benzene rings is 1. The summed E-state index contributed by atoms with van der Waals surface area (Å²) in [7, 11) is 0. The molecule has 0 aliphatic carbocycles. The van der Waals surface area contributed by atoms with E-state index in [2.05, 4.69) is 43.2 Å². The van der Waals surface area contributed by atoms with Gasteiger partial charge in [-0.1, -0.05) is 30.7 Å². The minimum atomic E-state index is 0.411. The van der Waals surface area contributed by atoms with Gasteiger partial charge in [0, 0.05) is 22.4 Å². The van der Waals surface area contributed by atoms with Gasteiger partial charge in [0.1, 0.15) is 0 Å². The zero-order chi connectivity index (χ0) is 15.2. The fourth-order valence-electron chi connectivity index (χ4n) is 2.35. The number of aromatic nitrogens is 1. The van der Waals surface area contributed by atoms with Crippen molar-refractivity contribution in [3.05, 3.63) is 50.4 Å². The smallest absolute Gasteiger partial charge is 0.0946 e. The number of hydrogen-bond acceptors (Lipinski definition) is 3. The Bertz CT molecular complexity index is 560. The van der Waals surface area contributed by atoms with Gasteiger partial charge < -0.3 is 5.32 Å². The Hall–Kier alpha value is -0.900. The Labute approximate surface area is 136 Å². The lowest BCUT2D eigenvalue weighted by Crippen LogP contribution is -2.33. The van der Waals surface area contributed by atoms with Gasteiger partial charge in [-0.3, -0.25) is 0 Å². The summed E-state index contributed by atoms with van der Waals surface area (Å²) < 4.78 is 0. The van der Waals surface area contributed by atoms with Gasteiger partial charge in [-0.15, -0.1) is 11.3 Å². The first-order chi connectivity index (χ1) is 10.1. The molecular formula is C17H23ClN2S. The van der Waals surface area contributed by atoms with Crippen LogP contribution >= 0.6 is 22.9 Å². The van der Waals surface area contributed by atoms with Gasteiger partial charge >= 0.3 is 0 Å². The van der Waals surface area contributed by atoms with E-state index in [9.17, 15) is 0 Å². The molecule has 0 spiro atoms. The highest BCUT2D eigenvalue weighted by Crippen LogP contribution is 2.19. The summed E-state index contributed by atoms with van der Waals surface area (Å²) in [6.45, 7) is 7.46. The van der Waals surface area contributed by atoms with Crippen molar-refractivity contribution in [3.8, 4) is 0 Å². The summed E-state index contributed by atoms with van der Waals surface area (Å²) in [5, 5.41) is 5.67. The van der Waals surface area contributed by atoms with E-state index in [0.717, 1.165) is 36.5 Å². The summed E-state index contributed by atoms with van der Waals surface area (Å²) >= 11 is 7.90. The summed E-state index contributed by atoms with van der Waals surface area (Å²) in [5.74, 6) is 0. The fraction of sp³-hybridized carbons (Fsp3) is 0.471. The Balaban J connectivity index is 2.06. The van der Waals surface area contributed by atoms with Gasteiger partial charge in [-0.2, -0.15) is 0 Å². The third-order valence-corrected chi connectivity index (χ3v) is 4.88. The van der Waals surface area contributed by atoms with Gasteiger partial charge in [0.25, 0.3) is 0 Å². The van der Waals surface area contributed by atoms with E-state index in [4.69, 9.17) is 11.6 Å². The molecule has 1 atom stereocenters. The molecule has 0 bridgehead atoms. The first-order valence-corrected chi connectivity index (χ1v) is 8.68. The van der Waals surface area contributed by atoms with Crippen LogP contribution in [0.4, 0.5) is 0 Å². The molecule has 1 aromatic carbocycles. The van der Waals surface area contributed by atoms with E-state index >= 15 is 0 Å². The number of nitrogens with one attached hydrogen (secondary N) is 1. The highest BCUT2D eigenvalue weighted by atomic mass is 35.5. The Morgan fingerprint density at radius 2 is 2.10 bits per heavy atom. The van der Waals surface area contributed by atoms with Gasteiger partial charge in [-0.05, 0) is 50.9 Å². The lowest BCUT2D eigenvalue weighted by Gasteiger charge is -2.17. The number of nitrogens with zero attached hydrogens (tertiary/aromatic N) is 1. The monoisotopic (exact) mass is 322 g/mol. The van der Waals surface area contributed by atoms with Crippen LogP contribution in [0.15, 0.2) is 24.3 Å². The van der Waals surface area contributed by atoms with Gasteiger partial charge in [0.15, 0.2) is 0 Å². The van der Waals surface area contributed by atoms with Crippen LogP contribution in [0.3, 0.4) is 0 Å². The molecule has 1 unspecified atom stereocenters. The molecule has 0 aliphatic heterocycles. The molecule has 2 rings (SSSR count). The molecule has 114 valence electrons. The maximum atomic E-state index is 6.09. The average molecular weight is 323 g/mol. The average Bonchev–Trinajstić information content (AvgIpc) is 2.74. The zero-order valence-electron chi connectivity index (χ0n) is 12.9. The lowest BCUT2D eigenvalue weighted by atomic mass is 10.0. The standard InChI is InChI=1S/C17H23ClN2S/c1-4-8-19-16(10-14-6-5-7-15(18)9-14)11-17-20-12(2)13(3)21-17/h5-7,9,16,19H,4,8,10-11H2,1-3H3. The molecule has 2 nitrogen and oxygen atoms in total. The second-order valence-corrected chi connectivity index (χ2v) is 7.16. The molecule has 0 fully saturated rings. The molecule has 0 radical (unpaired) electrons. The second-order valence-electron chi connectivity index (χ2n) is 5.44. The zero-order valence-corrected chi connectivity index (χ0v) is 14.5. The van der Waals surface area contributed by atoms with Crippen molar-refractivity contribution >= 4 is 22.9 Å². The molecule has 0 saturated heterocycles. The van der Waals surface area contributed by atoms with Gasteiger partial charge in [-0.25, -0.2) is 4.98 Å². The van der Waals surface area contributed by atoms with Gasteiger partial charge in [0.2, 0.25) is 0 Å². The third kappa shape index (κ3) is 5.10. The fourth-order valence-corrected chi connectivity index (χ4v) is 3.58. The quantitative estimate of drug-likeness (QED) is 0.808. The normalized spacial score (nSPS) is 12.6. The van der Waals surface area contributed by atoms with Crippen molar-refractivity contribution in [2.24, 2.45) is 0 Å². The molecule has 1 N–H and O–H groups in total. The highest BCUT2D eigenvalue weighted by molar-refractivity contribution is 7.11. The second kappa shape index (κ2) is 7.92. The van der Waals surface area contributed by atoms with E-state index in [1.54, 1.807) is 0 Å². The van der Waals surface area contributed by atoms with Crippen molar-refractivity contribution < 1.29 is 0 Å². The van der Waals surface area contributed by atoms with E-state index < -0.39 is 0 Å². The highest BCUT2D eigenvalue weighted by Gasteiger charge is 2.13. The molecule has 0 aliphatic rings. The van der Waals surface area contributed by atoms with Crippen LogP contribution in [0, 0.1) is 13.8 Å². The summed E-state index contributed by atoms with van der Waals surface area (Å²) in [4.78, 5) is 5.99. The van der Waals surface area contributed by atoms with Crippen LogP contribution in [0.25, 0.3) is 0 Å². The van der Waals surface area contributed by atoms with Gasteiger partial charge in [0.05, 0.1) is 10.7 Å². The van der Waals surface area contributed by atoms with E-state index in [1.807, 2.05) is 23.5 Å². The first kappa shape index (κ1) is 16.5. The first-order valence-electron chi connectivity index (χ1n) is 7.49. The molecule has 21 heavy (non-hydrogen) atoms. The molecule has 0 saturated carbocycles. The maximum Gasteiger partial charge on any atom is 0.0946 e. The lowest BCUT2D eigenvalue weighted by molar-refractivity contribution is 0.504. The summed E-state index contributed by atoms with van der Waals surface area (Å²) in [6, 6.07) is 8.55. The minimum Gasteiger partial charge on any atom is -0.313 e. The van der Waals surface area contributed by atoms with Crippen molar-refractivity contribution in [2.45, 2.75) is 46.1 Å². The van der Waals surface area contributed by atoms with Crippen LogP contribution < -0.4 is 5.32 Å². The predicted molar refractivity (Wildman–Crippen MR) is 92.5 cm³/mol. The molecule has 0 amide bonds. The molecule has 4 heteroatoms. The predicted octanol–water partition coefficient (Wildman–Crippen LogP) is 4.57. The molecular weight excluding hydrogens is 300 g/mol. The van der Waals surface area contributed by atoms with Crippen molar-refractivity contribution in [3.63, 3.8) is 0 Å². The molecule has 1 heterocycles. The van der Waals surface area contributed by atoms with Crippen molar-refractivity contribution in [2.75, 3.05) is 6.54 Å². The Morgan fingerprint density at radius 3 is 2.71 bits per heavy atom. The van der Waals surface area contributed by atoms with E-state index in [-0.39, 0.29) is 0 Å². The van der Waals surface area contributed by atoms with Crippen LogP contribution in [-0.4, -0.2) is 17.6 Å². The third-order valence-electron chi connectivity index (χ3n) is 3.55. The maximum absolute atomic E-state index is 6.09.